The van der Waals surface area contributed by atoms with Crippen LogP contribution in [0.1, 0.15) is 18.7 Å². The fourth-order valence-electron chi connectivity index (χ4n) is 1.35. The van der Waals surface area contributed by atoms with Gasteiger partial charge in [-0.05, 0) is 20.9 Å². The maximum atomic E-state index is 12.4. The minimum Gasteiger partial charge on any atom is -0.337 e. The lowest BCUT2D eigenvalue weighted by atomic mass is 10.3. The summed E-state index contributed by atoms with van der Waals surface area (Å²) in [5.41, 5.74) is 0. The first-order chi connectivity index (χ1) is 7.83. The number of aromatic nitrogens is 1. The molecule has 98 valence electrons. The van der Waals surface area contributed by atoms with Crippen LogP contribution in [0.15, 0.2) is 6.20 Å². The number of nitrogens with zero attached hydrogens (tertiary/aromatic N) is 2. The Kier molecular flexibility index (Phi) is 4.76. The van der Waals surface area contributed by atoms with Crippen molar-refractivity contribution in [2.75, 3.05) is 18.5 Å². The summed E-state index contributed by atoms with van der Waals surface area (Å²) in [5, 5.41) is 3.36. The minimum atomic E-state index is -4.21. The summed E-state index contributed by atoms with van der Waals surface area (Å²) in [7, 11) is 1.79. The molecule has 0 fully saturated rings. The molecule has 1 heterocycles. The summed E-state index contributed by atoms with van der Waals surface area (Å²) in [6, 6.07) is -0.231. The molecule has 0 aliphatic heterocycles. The second kappa shape index (κ2) is 5.68. The van der Waals surface area contributed by atoms with Crippen molar-refractivity contribution < 1.29 is 13.2 Å². The SMILES string of the molecule is CNCc1cnc(N(CC(F)(F)F)C(C)C)s1. The van der Waals surface area contributed by atoms with Crippen molar-refractivity contribution in [3.63, 3.8) is 0 Å². The highest BCUT2D eigenvalue weighted by Crippen LogP contribution is 2.28. The van der Waals surface area contributed by atoms with Gasteiger partial charge >= 0.3 is 6.18 Å². The Labute approximate surface area is 103 Å². The Morgan fingerprint density at radius 3 is 2.59 bits per heavy atom. The number of hydrogen-bond donors (Lipinski definition) is 1. The van der Waals surface area contributed by atoms with Crippen molar-refractivity contribution in [1.82, 2.24) is 10.3 Å². The van der Waals surface area contributed by atoms with Gasteiger partial charge in [-0.3, -0.25) is 0 Å². The van der Waals surface area contributed by atoms with Gasteiger partial charge in [0.05, 0.1) is 0 Å². The Bertz CT molecular complexity index is 349. The molecule has 3 nitrogen and oxygen atoms in total. The van der Waals surface area contributed by atoms with Crippen LogP contribution in [0.25, 0.3) is 0 Å². The largest absolute Gasteiger partial charge is 0.406 e. The minimum absolute atomic E-state index is 0.231. The van der Waals surface area contributed by atoms with E-state index in [2.05, 4.69) is 10.3 Å². The average Bonchev–Trinajstić information content (AvgIpc) is 2.61. The number of nitrogens with one attached hydrogen (secondary N) is 1. The fraction of sp³-hybridized carbons (Fsp3) is 0.700. The molecule has 0 spiro atoms. The quantitative estimate of drug-likeness (QED) is 0.889. The zero-order valence-electron chi connectivity index (χ0n) is 10.0. The first-order valence-corrected chi connectivity index (χ1v) is 6.08. The Balaban J connectivity index is 2.82. The molecule has 0 aliphatic rings. The van der Waals surface area contributed by atoms with Crippen molar-refractivity contribution >= 4 is 16.5 Å². The number of alkyl halides is 3. The lowest BCUT2D eigenvalue weighted by Gasteiger charge is -2.26. The van der Waals surface area contributed by atoms with Gasteiger partial charge in [0.15, 0.2) is 5.13 Å². The molecule has 0 aromatic carbocycles. The summed E-state index contributed by atoms with van der Waals surface area (Å²) >= 11 is 1.29. The summed E-state index contributed by atoms with van der Waals surface area (Å²) in [4.78, 5) is 6.24. The topological polar surface area (TPSA) is 28.2 Å². The highest BCUT2D eigenvalue weighted by atomic mass is 32.1. The second-order valence-electron chi connectivity index (χ2n) is 3.98. The molecular formula is C10H16F3N3S. The number of halogens is 3. The van der Waals surface area contributed by atoms with E-state index in [-0.39, 0.29) is 6.04 Å². The zero-order chi connectivity index (χ0) is 13.1. The molecule has 0 bridgehead atoms. The van der Waals surface area contributed by atoms with Crippen LogP contribution in [0.5, 0.6) is 0 Å². The maximum Gasteiger partial charge on any atom is 0.406 e. The van der Waals surface area contributed by atoms with Crippen LogP contribution in [0.2, 0.25) is 0 Å². The lowest BCUT2D eigenvalue weighted by Crippen LogP contribution is -2.39. The predicted molar refractivity (Wildman–Crippen MR) is 63.4 cm³/mol. The number of hydrogen-bond acceptors (Lipinski definition) is 4. The molecule has 1 aromatic heterocycles. The van der Waals surface area contributed by atoms with Gasteiger partial charge in [0.1, 0.15) is 6.54 Å². The molecular weight excluding hydrogens is 251 g/mol. The second-order valence-corrected chi connectivity index (χ2v) is 5.07. The standard InChI is InChI=1S/C10H16F3N3S/c1-7(2)16(6-10(11,12)13)9-15-5-8(17-9)4-14-3/h5,7,14H,4,6H2,1-3H3. The van der Waals surface area contributed by atoms with E-state index in [9.17, 15) is 13.2 Å². The van der Waals surface area contributed by atoms with E-state index < -0.39 is 12.7 Å². The van der Waals surface area contributed by atoms with Gasteiger partial charge < -0.3 is 10.2 Å². The molecule has 1 rings (SSSR count). The van der Waals surface area contributed by atoms with Gasteiger partial charge in [0, 0.05) is 23.7 Å². The third-order valence-electron chi connectivity index (χ3n) is 2.11. The number of rotatable bonds is 5. The normalized spacial score (nSPS) is 12.2. The Morgan fingerprint density at radius 2 is 2.12 bits per heavy atom. The van der Waals surface area contributed by atoms with E-state index in [1.165, 1.54) is 16.2 Å². The smallest absolute Gasteiger partial charge is 0.337 e. The van der Waals surface area contributed by atoms with E-state index in [0.29, 0.717) is 11.7 Å². The van der Waals surface area contributed by atoms with Gasteiger partial charge in [-0.2, -0.15) is 13.2 Å². The van der Waals surface area contributed by atoms with Crippen LogP contribution in [0.3, 0.4) is 0 Å². The summed E-state index contributed by atoms with van der Waals surface area (Å²) in [6.45, 7) is 3.11. The summed E-state index contributed by atoms with van der Waals surface area (Å²) < 4.78 is 37.3. The fourth-order valence-corrected chi connectivity index (χ4v) is 2.40. The van der Waals surface area contributed by atoms with Crippen LogP contribution in [0.4, 0.5) is 18.3 Å². The first-order valence-electron chi connectivity index (χ1n) is 5.26. The third kappa shape index (κ3) is 4.51. The Morgan fingerprint density at radius 1 is 1.47 bits per heavy atom. The van der Waals surface area contributed by atoms with Gasteiger partial charge in [-0.15, -0.1) is 11.3 Å². The van der Waals surface area contributed by atoms with Gasteiger partial charge in [0.2, 0.25) is 0 Å². The van der Waals surface area contributed by atoms with Crippen LogP contribution >= 0.6 is 11.3 Å². The number of anilines is 1. The van der Waals surface area contributed by atoms with Gasteiger partial charge in [-0.25, -0.2) is 4.98 Å². The van der Waals surface area contributed by atoms with E-state index >= 15 is 0 Å². The van der Waals surface area contributed by atoms with Crippen molar-refractivity contribution in [2.24, 2.45) is 0 Å². The molecule has 1 N–H and O–H groups in total. The highest BCUT2D eigenvalue weighted by molar-refractivity contribution is 7.15. The average molecular weight is 267 g/mol. The molecule has 0 atom stereocenters. The molecule has 1 aromatic rings. The molecule has 0 amide bonds. The Hall–Kier alpha value is -0.820. The summed E-state index contributed by atoms with van der Waals surface area (Å²) in [5.74, 6) is 0. The van der Waals surface area contributed by atoms with E-state index in [0.717, 1.165) is 4.88 Å². The van der Waals surface area contributed by atoms with Crippen molar-refractivity contribution in [3.8, 4) is 0 Å². The van der Waals surface area contributed by atoms with Gasteiger partial charge in [0.25, 0.3) is 0 Å². The molecule has 0 saturated carbocycles. The zero-order valence-corrected chi connectivity index (χ0v) is 10.8. The first kappa shape index (κ1) is 14.2. The molecule has 0 saturated heterocycles. The molecule has 0 unspecified atom stereocenters. The van der Waals surface area contributed by atoms with E-state index in [1.54, 1.807) is 27.1 Å². The third-order valence-corrected chi connectivity index (χ3v) is 3.15. The van der Waals surface area contributed by atoms with Gasteiger partial charge in [-0.1, -0.05) is 0 Å². The van der Waals surface area contributed by atoms with Crippen molar-refractivity contribution in [2.45, 2.75) is 32.6 Å². The van der Waals surface area contributed by atoms with Crippen LogP contribution in [-0.2, 0) is 6.54 Å². The van der Waals surface area contributed by atoms with Crippen LogP contribution < -0.4 is 10.2 Å². The van der Waals surface area contributed by atoms with Crippen molar-refractivity contribution in [1.29, 1.82) is 0 Å². The molecule has 17 heavy (non-hydrogen) atoms. The molecule has 0 radical (unpaired) electrons. The van der Waals surface area contributed by atoms with Crippen LogP contribution in [-0.4, -0.2) is 30.8 Å². The van der Waals surface area contributed by atoms with Crippen LogP contribution in [0, 0.1) is 0 Å². The van der Waals surface area contributed by atoms with Crippen molar-refractivity contribution in [3.05, 3.63) is 11.1 Å². The molecule has 0 aliphatic carbocycles. The summed E-state index contributed by atoms with van der Waals surface area (Å²) in [6.07, 6.45) is -2.60. The van der Waals surface area contributed by atoms with E-state index in [4.69, 9.17) is 0 Å². The van der Waals surface area contributed by atoms with E-state index in [1.807, 2.05) is 0 Å². The lowest BCUT2D eigenvalue weighted by molar-refractivity contribution is -0.120. The maximum absolute atomic E-state index is 12.4. The predicted octanol–water partition coefficient (Wildman–Crippen LogP) is 2.64. The highest BCUT2D eigenvalue weighted by Gasteiger charge is 2.33. The molecule has 7 heteroatoms. The number of thiazole rings is 1. The monoisotopic (exact) mass is 267 g/mol.